The van der Waals surface area contributed by atoms with Crippen LogP contribution in [0.2, 0.25) is 0 Å². The van der Waals surface area contributed by atoms with E-state index in [2.05, 4.69) is 26.2 Å². The van der Waals surface area contributed by atoms with Gasteiger partial charge in [0.05, 0.1) is 18.1 Å². The molecule has 0 saturated carbocycles. The Bertz CT molecular complexity index is 410. The molecule has 0 bridgehead atoms. The zero-order valence-electron chi connectivity index (χ0n) is 10.7. The van der Waals surface area contributed by atoms with Crippen molar-refractivity contribution in [2.24, 2.45) is 10.7 Å². The van der Waals surface area contributed by atoms with E-state index in [-0.39, 0.29) is 24.0 Å². The highest BCUT2D eigenvalue weighted by Gasteiger charge is 2.01. The summed E-state index contributed by atoms with van der Waals surface area (Å²) in [6.07, 6.45) is 0. The summed E-state index contributed by atoms with van der Waals surface area (Å²) in [5, 5.41) is 3.04. The topological polar surface area (TPSA) is 59.6 Å². The normalized spacial score (nSPS) is 11.1. The maximum absolute atomic E-state index is 5.72. The largest absolute Gasteiger partial charge is 0.496 e. The van der Waals surface area contributed by atoms with Crippen LogP contribution >= 0.6 is 39.9 Å². The van der Waals surface area contributed by atoms with Gasteiger partial charge in [-0.15, -0.1) is 24.0 Å². The maximum atomic E-state index is 5.72. The predicted molar refractivity (Wildman–Crippen MR) is 89.7 cm³/mol. The summed E-state index contributed by atoms with van der Waals surface area (Å²) in [6, 6.07) is 6.14. The van der Waals surface area contributed by atoms with Gasteiger partial charge in [0.15, 0.2) is 5.96 Å². The van der Waals surface area contributed by atoms with Crippen molar-refractivity contribution in [3.63, 3.8) is 0 Å². The minimum Gasteiger partial charge on any atom is -0.496 e. The van der Waals surface area contributed by atoms with E-state index in [9.17, 15) is 0 Å². The zero-order valence-corrected chi connectivity index (χ0v) is 14.7. The second kappa shape index (κ2) is 8.58. The van der Waals surface area contributed by atoms with E-state index in [1.807, 2.05) is 32.0 Å². The van der Waals surface area contributed by atoms with E-state index in [1.165, 1.54) is 0 Å². The number of nitrogens with zero attached hydrogens (tertiary/aromatic N) is 1. The summed E-state index contributed by atoms with van der Waals surface area (Å²) in [5.41, 5.74) is 6.79. The molecule has 0 aliphatic heterocycles. The van der Waals surface area contributed by atoms with Crippen molar-refractivity contribution in [2.45, 2.75) is 26.4 Å². The van der Waals surface area contributed by atoms with Crippen LogP contribution in [0.3, 0.4) is 0 Å². The van der Waals surface area contributed by atoms with Crippen molar-refractivity contribution >= 4 is 45.9 Å². The first kappa shape index (κ1) is 17.5. The zero-order chi connectivity index (χ0) is 12.8. The lowest BCUT2D eigenvalue weighted by Crippen LogP contribution is -2.36. The third-order valence-electron chi connectivity index (χ3n) is 2.08. The summed E-state index contributed by atoms with van der Waals surface area (Å²) in [5.74, 6) is 1.28. The van der Waals surface area contributed by atoms with E-state index in [4.69, 9.17) is 10.5 Å². The molecule has 4 nitrogen and oxygen atoms in total. The van der Waals surface area contributed by atoms with Crippen molar-refractivity contribution < 1.29 is 4.74 Å². The van der Waals surface area contributed by atoms with Crippen LogP contribution in [0.4, 0.5) is 0 Å². The fourth-order valence-electron chi connectivity index (χ4n) is 1.33. The molecule has 1 aromatic rings. The molecule has 0 amide bonds. The highest BCUT2D eigenvalue weighted by atomic mass is 127. The molecule has 1 aromatic carbocycles. The van der Waals surface area contributed by atoms with Gasteiger partial charge in [0, 0.05) is 6.04 Å². The van der Waals surface area contributed by atoms with Crippen LogP contribution in [-0.4, -0.2) is 19.1 Å². The van der Waals surface area contributed by atoms with Gasteiger partial charge in [-0.2, -0.15) is 0 Å². The molecule has 0 saturated heterocycles. The van der Waals surface area contributed by atoms with Crippen molar-refractivity contribution in [2.75, 3.05) is 7.11 Å². The molecule has 3 N–H and O–H groups in total. The Morgan fingerprint density at radius 1 is 1.50 bits per heavy atom. The first-order chi connectivity index (χ1) is 8.02. The molecular formula is C12H19BrIN3O. The van der Waals surface area contributed by atoms with Crippen LogP contribution in [-0.2, 0) is 6.54 Å². The number of hydrogen-bond donors (Lipinski definition) is 2. The number of aliphatic imine (C=N–C) groups is 1. The van der Waals surface area contributed by atoms with Crippen LogP contribution < -0.4 is 15.8 Å². The molecule has 18 heavy (non-hydrogen) atoms. The molecule has 0 aliphatic rings. The van der Waals surface area contributed by atoms with Gasteiger partial charge in [-0.1, -0.05) is 6.07 Å². The number of nitrogens with one attached hydrogen (secondary N) is 1. The van der Waals surface area contributed by atoms with Crippen LogP contribution in [0, 0.1) is 0 Å². The molecule has 0 atom stereocenters. The highest BCUT2D eigenvalue weighted by Crippen LogP contribution is 2.25. The Labute approximate surface area is 134 Å². The van der Waals surface area contributed by atoms with Gasteiger partial charge in [-0.05, 0) is 47.5 Å². The number of ether oxygens (including phenoxy) is 1. The van der Waals surface area contributed by atoms with Gasteiger partial charge in [-0.3, -0.25) is 0 Å². The Morgan fingerprint density at radius 2 is 2.17 bits per heavy atom. The van der Waals surface area contributed by atoms with Crippen molar-refractivity contribution in [1.29, 1.82) is 0 Å². The van der Waals surface area contributed by atoms with E-state index < -0.39 is 0 Å². The number of nitrogens with two attached hydrogens (primary N) is 1. The van der Waals surface area contributed by atoms with Crippen molar-refractivity contribution in [1.82, 2.24) is 5.32 Å². The summed E-state index contributed by atoms with van der Waals surface area (Å²) in [7, 11) is 1.64. The number of rotatable bonds is 4. The fourth-order valence-corrected chi connectivity index (χ4v) is 1.91. The molecule has 0 heterocycles. The molecule has 0 unspecified atom stereocenters. The smallest absolute Gasteiger partial charge is 0.189 e. The van der Waals surface area contributed by atoms with Gasteiger partial charge in [0.1, 0.15) is 5.75 Å². The summed E-state index contributed by atoms with van der Waals surface area (Å²) in [4.78, 5) is 4.25. The molecule has 6 heteroatoms. The first-order valence-electron chi connectivity index (χ1n) is 5.41. The average Bonchev–Trinajstić information content (AvgIpc) is 2.25. The predicted octanol–water partition coefficient (Wildman–Crippen LogP) is 2.89. The third-order valence-corrected chi connectivity index (χ3v) is 2.70. The lowest BCUT2D eigenvalue weighted by Gasteiger charge is -2.09. The minimum absolute atomic E-state index is 0. The summed E-state index contributed by atoms with van der Waals surface area (Å²) < 4.78 is 6.08. The van der Waals surface area contributed by atoms with Crippen LogP contribution in [0.1, 0.15) is 19.4 Å². The van der Waals surface area contributed by atoms with E-state index in [1.54, 1.807) is 7.11 Å². The van der Waals surface area contributed by atoms with Gasteiger partial charge in [-0.25, -0.2) is 4.99 Å². The lowest BCUT2D eigenvalue weighted by atomic mass is 10.2. The monoisotopic (exact) mass is 427 g/mol. The SMILES string of the molecule is COc1ccc(CN=C(N)NC(C)C)cc1Br.I. The number of methoxy groups -OCH3 is 1. The Hall–Kier alpha value is -0.500. The van der Waals surface area contributed by atoms with Crippen LogP contribution in [0.15, 0.2) is 27.7 Å². The molecule has 1 rings (SSSR count). The number of hydrogen-bond acceptors (Lipinski definition) is 2. The maximum Gasteiger partial charge on any atom is 0.189 e. The number of guanidine groups is 1. The Kier molecular flexibility index (Phi) is 8.34. The fraction of sp³-hybridized carbons (Fsp3) is 0.417. The van der Waals surface area contributed by atoms with Gasteiger partial charge >= 0.3 is 0 Å². The average molecular weight is 428 g/mol. The van der Waals surface area contributed by atoms with Crippen LogP contribution in [0.5, 0.6) is 5.75 Å². The third kappa shape index (κ3) is 5.90. The van der Waals surface area contributed by atoms with Crippen molar-refractivity contribution in [3.05, 3.63) is 28.2 Å². The highest BCUT2D eigenvalue weighted by molar-refractivity contribution is 14.0. The molecule has 0 spiro atoms. The molecule has 0 aromatic heterocycles. The Morgan fingerprint density at radius 3 is 2.67 bits per heavy atom. The van der Waals surface area contributed by atoms with Crippen LogP contribution in [0.25, 0.3) is 0 Å². The van der Waals surface area contributed by atoms with Gasteiger partial charge in [0.25, 0.3) is 0 Å². The van der Waals surface area contributed by atoms with Gasteiger partial charge in [0.2, 0.25) is 0 Å². The quantitative estimate of drug-likeness (QED) is 0.441. The van der Waals surface area contributed by atoms with E-state index >= 15 is 0 Å². The molecule has 0 aliphatic carbocycles. The standard InChI is InChI=1S/C12H18BrN3O.HI/c1-8(2)16-12(14)15-7-9-4-5-11(17-3)10(13)6-9;/h4-6,8H,7H2,1-3H3,(H3,14,15,16);1H. The number of halogens is 2. The molecule has 0 radical (unpaired) electrons. The Balaban J connectivity index is 0.00000289. The summed E-state index contributed by atoms with van der Waals surface area (Å²) in [6.45, 7) is 4.59. The second-order valence-corrected chi connectivity index (χ2v) is 4.82. The lowest BCUT2D eigenvalue weighted by molar-refractivity contribution is 0.412. The second-order valence-electron chi connectivity index (χ2n) is 3.97. The van der Waals surface area contributed by atoms with Gasteiger partial charge < -0.3 is 15.8 Å². The van der Waals surface area contributed by atoms with E-state index in [0.717, 1.165) is 15.8 Å². The first-order valence-corrected chi connectivity index (χ1v) is 6.21. The minimum atomic E-state index is 0. The van der Waals surface area contributed by atoms with Crippen molar-refractivity contribution in [3.8, 4) is 5.75 Å². The summed E-state index contributed by atoms with van der Waals surface area (Å²) >= 11 is 3.43. The molecular weight excluding hydrogens is 409 g/mol. The molecule has 0 fully saturated rings. The number of benzene rings is 1. The van der Waals surface area contributed by atoms with E-state index in [0.29, 0.717) is 18.5 Å². The molecule has 102 valence electrons.